The smallest absolute Gasteiger partial charge is 0.295 e. The summed E-state index contributed by atoms with van der Waals surface area (Å²) in [6, 6.07) is 12.9. The molecule has 44 heavy (non-hydrogen) atoms. The minimum absolute atomic E-state index is 0.114. The molecule has 0 aliphatic carbocycles. The summed E-state index contributed by atoms with van der Waals surface area (Å²) in [7, 11) is -4.59. The number of hydrogen-bond acceptors (Lipinski definition) is 6. The van der Waals surface area contributed by atoms with Crippen molar-refractivity contribution in [1.29, 1.82) is 0 Å². The van der Waals surface area contributed by atoms with Crippen LogP contribution in [-0.2, 0) is 14.9 Å². The van der Waals surface area contributed by atoms with E-state index >= 15 is 0 Å². The van der Waals surface area contributed by atoms with E-state index in [4.69, 9.17) is 0 Å². The van der Waals surface area contributed by atoms with E-state index < -0.39 is 20.9 Å². The SMILES string of the molecule is CCCCCCCCCCCCCCCCCCSc1ccccc1N1N=C(NC(=O)c2ccccc2S(=O)(=O)O)CC1=O. The first kappa shape index (κ1) is 35.8. The fourth-order valence-electron chi connectivity index (χ4n) is 5.35. The third-order valence-electron chi connectivity index (χ3n) is 7.79. The number of nitrogens with zero attached hydrogens (tertiary/aromatic N) is 2. The highest BCUT2D eigenvalue weighted by Crippen LogP contribution is 2.33. The van der Waals surface area contributed by atoms with Crippen molar-refractivity contribution in [2.75, 3.05) is 10.8 Å². The van der Waals surface area contributed by atoms with Crippen molar-refractivity contribution < 1.29 is 22.6 Å². The molecule has 2 N–H and O–H groups in total. The molecule has 2 aromatic rings. The lowest BCUT2D eigenvalue weighted by atomic mass is 10.0. The Balaban J connectivity index is 1.34. The first-order valence-electron chi connectivity index (χ1n) is 16.3. The number of carbonyl (C=O) groups is 2. The highest BCUT2D eigenvalue weighted by molar-refractivity contribution is 7.99. The Hall–Kier alpha value is -2.69. The molecule has 0 saturated heterocycles. The minimum atomic E-state index is -4.59. The van der Waals surface area contributed by atoms with Gasteiger partial charge in [0.25, 0.3) is 21.9 Å². The van der Waals surface area contributed by atoms with Crippen molar-refractivity contribution in [1.82, 2.24) is 5.32 Å². The van der Waals surface area contributed by atoms with Gasteiger partial charge < -0.3 is 5.32 Å². The number of hydrazone groups is 1. The fraction of sp³-hybridized carbons (Fsp3) is 0.559. The van der Waals surface area contributed by atoms with Gasteiger partial charge in [0, 0.05) is 4.90 Å². The normalized spacial score (nSPS) is 13.4. The number of anilines is 1. The number of benzene rings is 2. The molecule has 1 heterocycles. The second-order valence-corrected chi connectivity index (χ2v) is 14.0. The summed E-state index contributed by atoms with van der Waals surface area (Å²) in [5.74, 6) is -0.00336. The van der Waals surface area contributed by atoms with Gasteiger partial charge in [-0.25, -0.2) is 0 Å². The molecule has 2 aromatic carbocycles. The van der Waals surface area contributed by atoms with E-state index in [0.717, 1.165) is 23.1 Å². The van der Waals surface area contributed by atoms with Crippen molar-refractivity contribution in [3.05, 3.63) is 54.1 Å². The molecule has 10 heteroatoms. The molecule has 0 spiro atoms. The van der Waals surface area contributed by atoms with Gasteiger partial charge in [-0.15, -0.1) is 11.8 Å². The summed E-state index contributed by atoms with van der Waals surface area (Å²) in [5.41, 5.74) is 0.430. The topological polar surface area (TPSA) is 116 Å². The largest absolute Gasteiger partial charge is 0.308 e. The summed E-state index contributed by atoms with van der Waals surface area (Å²) >= 11 is 1.69. The molecule has 3 rings (SSSR count). The van der Waals surface area contributed by atoms with Crippen LogP contribution in [0, 0.1) is 0 Å². The first-order chi connectivity index (χ1) is 21.3. The zero-order valence-corrected chi connectivity index (χ0v) is 27.8. The van der Waals surface area contributed by atoms with Crippen LogP contribution in [0.5, 0.6) is 0 Å². The van der Waals surface area contributed by atoms with Gasteiger partial charge in [-0.1, -0.05) is 128 Å². The Morgan fingerprint density at radius 1 is 0.818 bits per heavy atom. The number of amides is 2. The zero-order chi connectivity index (χ0) is 31.6. The number of rotatable bonds is 21. The third kappa shape index (κ3) is 12.4. The number of hydrogen-bond donors (Lipinski definition) is 2. The fourth-order valence-corrected chi connectivity index (χ4v) is 7.09. The Bertz CT molecular complexity index is 1330. The van der Waals surface area contributed by atoms with E-state index in [1.807, 2.05) is 24.3 Å². The van der Waals surface area contributed by atoms with Crippen LogP contribution in [0.1, 0.15) is 126 Å². The predicted octanol–water partition coefficient (Wildman–Crippen LogP) is 8.77. The third-order valence-corrected chi connectivity index (χ3v) is 9.85. The van der Waals surface area contributed by atoms with Gasteiger partial charge in [0.2, 0.25) is 0 Å². The van der Waals surface area contributed by atoms with E-state index in [2.05, 4.69) is 17.3 Å². The average molecular weight is 644 g/mol. The Kier molecular flexibility index (Phi) is 16.0. The summed E-state index contributed by atoms with van der Waals surface area (Å²) in [4.78, 5) is 26.0. The van der Waals surface area contributed by atoms with Crippen LogP contribution in [0.4, 0.5) is 5.69 Å². The molecule has 2 amide bonds. The van der Waals surface area contributed by atoms with Crippen LogP contribution in [0.25, 0.3) is 0 Å². The second-order valence-electron chi connectivity index (χ2n) is 11.5. The molecule has 0 unspecified atom stereocenters. The van der Waals surface area contributed by atoms with Gasteiger partial charge in [0.15, 0.2) is 0 Å². The molecule has 0 saturated carbocycles. The lowest BCUT2D eigenvalue weighted by molar-refractivity contribution is -0.116. The van der Waals surface area contributed by atoms with Gasteiger partial charge in [0.05, 0.1) is 17.7 Å². The quantitative estimate of drug-likeness (QED) is 0.0798. The molecule has 1 aliphatic heterocycles. The molecule has 0 bridgehead atoms. The van der Waals surface area contributed by atoms with Gasteiger partial charge in [-0.05, 0) is 36.4 Å². The van der Waals surface area contributed by atoms with Crippen LogP contribution in [0.2, 0.25) is 0 Å². The van der Waals surface area contributed by atoms with Crippen LogP contribution in [0.15, 0.2) is 63.4 Å². The average Bonchev–Trinajstić information content (AvgIpc) is 3.37. The number of carbonyl (C=O) groups excluding carboxylic acids is 2. The summed E-state index contributed by atoms with van der Waals surface area (Å²) in [5, 5.41) is 8.15. The lowest BCUT2D eigenvalue weighted by Crippen LogP contribution is -2.30. The van der Waals surface area contributed by atoms with Crippen molar-refractivity contribution in [3.8, 4) is 0 Å². The zero-order valence-electron chi connectivity index (χ0n) is 26.1. The maximum Gasteiger partial charge on any atom is 0.295 e. The number of nitrogens with one attached hydrogen (secondary N) is 1. The standard InChI is InChI=1S/C34H49N3O5S2/c1-2-3-4-5-6-7-8-9-10-11-12-13-14-15-16-21-26-43-30-24-19-18-23-29(30)37-33(38)27-32(36-37)35-34(39)28-22-17-20-25-31(28)44(40,41)42/h17-20,22-25H,2-16,21,26-27H2,1H3,(H,35,36,39)(H,40,41,42). The van der Waals surface area contributed by atoms with Crippen LogP contribution < -0.4 is 10.3 Å². The monoisotopic (exact) mass is 643 g/mol. The first-order valence-corrected chi connectivity index (χ1v) is 18.7. The van der Waals surface area contributed by atoms with Crippen LogP contribution in [-0.4, -0.2) is 36.4 Å². The maximum atomic E-state index is 12.8. The summed E-state index contributed by atoms with van der Waals surface area (Å²) in [6.07, 6.45) is 21.3. The van der Waals surface area contributed by atoms with Gasteiger partial charge in [-0.2, -0.15) is 18.5 Å². The molecule has 8 nitrogen and oxygen atoms in total. The summed E-state index contributed by atoms with van der Waals surface area (Å²) in [6.45, 7) is 2.27. The van der Waals surface area contributed by atoms with E-state index in [0.29, 0.717) is 5.69 Å². The molecule has 0 radical (unpaired) electrons. The molecule has 242 valence electrons. The molecule has 0 aromatic heterocycles. The number of para-hydroxylation sites is 1. The lowest BCUT2D eigenvalue weighted by Gasteiger charge is -2.15. The highest BCUT2D eigenvalue weighted by atomic mass is 32.2. The number of amidine groups is 1. The van der Waals surface area contributed by atoms with Crippen molar-refractivity contribution >= 4 is 45.2 Å². The molecular weight excluding hydrogens is 595 g/mol. The van der Waals surface area contributed by atoms with Crippen LogP contribution >= 0.6 is 11.8 Å². The van der Waals surface area contributed by atoms with Gasteiger partial charge in [-0.3, -0.25) is 14.1 Å². The number of unbranched alkanes of at least 4 members (excludes halogenated alkanes) is 15. The van der Waals surface area contributed by atoms with E-state index in [-0.39, 0.29) is 23.7 Å². The molecule has 0 atom stereocenters. The number of thioether (sulfide) groups is 1. The van der Waals surface area contributed by atoms with Gasteiger partial charge in [0.1, 0.15) is 10.7 Å². The van der Waals surface area contributed by atoms with Crippen molar-refractivity contribution in [2.45, 2.75) is 126 Å². The molecular formula is C34H49N3O5S2. The minimum Gasteiger partial charge on any atom is -0.308 e. The maximum absolute atomic E-state index is 12.8. The molecule has 1 aliphatic rings. The Labute approximate surface area is 268 Å². The van der Waals surface area contributed by atoms with Crippen molar-refractivity contribution in [3.63, 3.8) is 0 Å². The van der Waals surface area contributed by atoms with E-state index in [9.17, 15) is 22.6 Å². The summed E-state index contributed by atoms with van der Waals surface area (Å²) < 4.78 is 32.8. The van der Waals surface area contributed by atoms with E-state index in [1.54, 1.807) is 11.8 Å². The van der Waals surface area contributed by atoms with Crippen LogP contribution in [0.3, 0.4) is 0 Å². The highest BCUT2D eigenvalue weighted by Gasteiger charge is 2.29. The second kappa shape index (κ2) is 19.6. The van der Waals surface area contributed by atoms with Crippen molar-refractivity contribution in [2.24, 2.45) is 5.10 Å². The van der Waals surface area contributed by atoms with E-state index in [1.165, 1.54) is 120 Å². The molecule has 0 fully saturated rings. The Morgan fingerprint density at radius 2 is 1.34 bits per heavy atom. The predicted molar refractivity (Wildman–Crippen MR) is 180 cm³/mol. The van der Waals surface area contributed by atoms with Gasteiger partial charge >= 0.3 is 0 Å². The Morgan fingerprint density at radius 3 is 1.93 bits per heavy atom.